The lowest BCUT2D eigenvalue weighted by molar-refractivity contribution is -0.126. The molecule has 0 spiro atoms. The Kier molecular flexibility index (Phi) is 3.41. The van der Waals surface area contributed by atoms with Gasteiger partial charge in [-0.2, -0.15) is 0 Å². The fraction of sp³-hybridized carbons (Fsp3) is 0.750. The lowest BCUT2D eigenvalue weighted by atomic mass is 10.2. The predicted molar refractivity (Wildman–Crippen MR) is 60.5 cm³/mol. The molecular weight excluding hydrogens is 188 g/mol. The van der Waals surface area contributed by atoms with Crippen LogP contribution in [0, 0.1) is 5.92 Å². The molecule has 0 aromatic carbocycles. The molecule has 2 rings (SSSR count). The summed E-state index contributed by atoms with van der Waals surface area (Å²) in [6, 6.07) is 0.507. The fourth-order valence-corrected chi connectivity index (χ4v) is 2.17. The first-order valence-corrected chi connectivity index (χ1v) is 5.94. The third-order valence-electron chi connectivity index (χ3n) is 3.26. The van der Waals surface area contributed by atoms with Crippen LogP contribution in [0.2, 0.25) is 0 Å². The van der Waals surface area contributed by atoms with Crippen molar-refractivity contribution in [3.63, 3.8) is 0 Å². The summed E-state index contributed by atoms with van der Waals surface area (Å²) >= 11 is 0. The zero-order valence-corrected chi connectivity index (χ0v) is 9.24. The smallest absolute Gasteiger partial charge is 0.246 e. The van der Waals surface area contributed by atoms with E-state index in [-0.39, 0.29) is 5.91 Å². The number of nitrogens with one attached hydrogen (secondary N) is 1. The standard InChI is InChI=1S/C12H20N2O/c1-2-12(15)14(8-10-5-6-10)9-11-4-3-7-13-11/h2,10-11,13H,1,3-9H2. The van der Waals surface area contributed by atoms with Crippen LogP contribution in [0.3, 0.4) is 0 Å². The Morgan fingerprint density at radius 3 is 2.73 bits per heavy atom. The first-order chi connectivity index (χ1) is 7.29. The molecule has 1 saturated heterocycles. The van der Waals surface area contributed by atoms with Gasteiger partial charge in [0.05, 0.1) is 0 Å². The van der Waals surface area contributed by atoms with E-state index in [1.165, 1.54) is 31.8 Å². The molecule has 1 N–H and O–H groups in total. The minimum Gasteiger partial charge on any atom is -0.337 e. The second-order valence-electron chi connectivity index (χ2n) is 4.68. The molecule has 2 fully saturated rings. The van der Waals surface area contributed by atoms with Gasteiger partial charge in [-0.25, -0.2) is 0 Å². The van der Waals surface area contributed by atoms with E-state index in [0.717, 1.165) is 25.6 Å². The van der Waals surface area contributed by atoms with E-state index in [2.05, 4.69) is 11.9 Å². The molecule has 3 nitrogen and oxygen atoms in total. The Morgan fingerprint density at radius 2 is 2.20 bits per heavy atom. The second-order valence-corrected chi connectivity index (χ2v) is 4.68. The minimum atomic E-state index is 0.0931. The largest absolute Gasteiger partial charge is 0.337 e. The zero-order chi connectivity index (χ0) is 10.7. The summed E-state index contributed by atoms with van der Waals surface area (Å²) in [6.07, 6.45) is 6.46. The number of amides is 1. The molecule has 2 aliphatic rings. The van der Waals surface area contributed by atoms with Gasteiger partial charge in [0.25, 0.3) is 0 Å². The van der Waals surface area contributed by atoms with Crippen LogP contribution in [-0.2, 0) is 4.79 Å². The highest BCUT2D eigenvalue weighted by atomic mass is 16.2. The third-order valence-corrected chi connectivity index (χ3v) is 3.26. The summed E-state index contributed by atoms with van der Waals surface area (Å²) in [4.78, 5) is 13.6. The van der Waals surface area contributed by atoms with E-state index < -0.39 is 0 Å². The lowest BCUT2D eigenvalue weighted by Gasteiger charge is -2.24. The van der Waals surface area contributed by atoms with Gasteiger partial charge in [0.2, 0.25) is 5.91 Å². The first-order valence-electron chi connectivity index (χ1n) is 5.94. The first kappa shape index (κ1) is 10.7. The highest BCUT2D eigenvalue weighted by molar-refractivity contribution is 5.87. The van der Waals surface area contributed by atoms with Crippen LogP contribution < -0.4 is 5.32 Å². The number of nitrogens with zero attached hydrogens (tertiary/aromatic N) is 1. The van der Waals surface area contributed by atoms with Gasteiger partial charge in [0.15, 0.2) is 0 Å². The van der Waals surface area contributed by atoms with Crippen LogP contribution in [0.1, 0.15) is 25.7 Å². The summed E-state index contributed by atoms with van der Waals surface area (Å²) in [7, 11) is 0. The number of hydrogen-bond donors (Lipinski definition) is 1. The number of carbonyl (C=O) groups is 1. The maximum absolute atomic E-state index is 11.6. The van der Waals surface area contributed by atoms with Crippen molar-refractivity contribution in [2.45, 2.75) is 31.7 Å². The van der Waals surface area contributed by atoms with Crippen molar-refractivity contribution >= 4 is 5.91 Å². The minimum absolute atomic E-state index is 0.0931. The molecule has 0 bridgehead atoms. The molecule has 1 unspecified atom stereocenters. The molecular formula is C12H20N2O. The molecule has 1 aliphatic carbocycles. The molecule has 1 saturated carbocycles. The summed E-state index contributed by atoms with van der Waals surface area (Å²) in [5, 5.41) is 3.43. The zero-order valence-electron chi connectivity index (χ0n) is 9.24. The molecule has 3 heteroatoms. The Morgan fingerprint density at radius 1 is 1.40 bits per heavy atom. The Hall–Kier alpha value is -0.830. The average Bonchev–Trinajstić information content (AvgIpc) is 2.91. The highest BCUT2D eigenvalue weighted by Crippen LogP contribution is 2.30. The van der Waals surface area contributed by atoms with Gasteiger partial charge in [-0.05, 0) is 44.2 Å². The number of rotatable bonds is 5. The fourth-order valence-electron chi connectivity index (χ4n) is 2.17. The van der Waals surface area contributed by atoms with Gasteiger partial charge in [0, 0.05) is 19.1 Å². The lowest BCUT2D eigenvalue weighted by Crippen LogP contribution is -2.41. The third kappa shape index (κ3) is 3.06. The normalized spacial score (nSPS) is 25.2. The highest BCUT2D eigenvalue weighted by Gasteiger charge is 2.27. The van der Waals surface area contributed by atoms with E-state index in [1.807, 2.05) is 4.90 Å². The van der Waals surface area contributed by atoms with Gasteiger partial charge in [-0.3, -0.25) is 4.79 Å². The van der Waals surface area contributed by atoms with Crippen LogP contribution >= 0.6 is 0 Å². The maximum Gasteiger partial charge on any atom is 0.246 e. The Balaban J connectivity index is 1.84. The van der Waals surface area contributed by atoms with Crippen molar-refractivity contribution < 1.29 is 4.79 Å². The van der Waals surface area contributed by atoms with E-state index in [1.54, 1.807) is 0 Å². The average molecular weight is 208 g/mol. The maximum atomic E-state index is 11.6. The van der Waals surface area contributed by atoms with Crippen LogP contribution in [0.25, 0.3) is 0 Å². The van der Waals surface area contributed by atoms with E-state index in [0.29, 0.717) is 6.04 Å². The molecule has 0 aromatic rings. The van der Waals surface area contributed by atoms with Gasteiger partial charge in [0.1, 0.15) is 0 Å². The molecule has 1 heterocycles. The predicted octanol–water partition coefficient (Wildman–Crippen LogP) is 1.16. The molecule has 84 valence electrons. The van der Waals surface area contributed by atoms with Crippen molar-refractivity contribution in [3.05, 3.63) is 12.7 Å². The molecule has 1 atom stereocenters. The van der Waals surface area contributed by atoms with E-state index >= 15 is 0 Å². The summed E-state index contributed by atoms with van der Waals surface area (Å²) < 4.78 is 0. The van der Waals surface area contributed by atoms with Crippen LogP contribution in [0.5, 0.6) is 0 Å². The van der Waals surface area contributed by atoms with Crippen molar-refractivity contribution in [2.75, 3.05) is 19.6 Å². The quantitative estimate of drug-likeness (QED) is 0.688. The molecule has 0 aromatic heterocycles. The number of hydrogen-bond acceptors (Lipinski definition) is 2. The SMILES string of the molecule is C=CC(=O)N(CC1CC1)CC1CCCN1. The molecule has 1 amide bonds. The van der Waals surface area contributed by atoms with Gasteiger partial charge in [-0.15, -0.1) is 0 Å². The Bertz CT molecular complexity index is 242. The number of carbonyl (C=O) groups excluding carboxylic acids is 1. The topological polar surface area (TPSA) is 32.3 Å². The molecule has 1 aliphatic heterocycles. The van der Waals surface area contributed by atoms with Crippen molar-refractivity contribution in [2.24, 2.45) is 5.92 Å². The summed E-state index contributed by atoms with van der Waals surface area (Å²) in [5.74, 6) is 0.853. The van der Waals surface area contributed by atoms with E-state index in [4.69, 9.17) is 0 Å². The molecule has 0 radical (unpaired) electrons. The van der Waals surface area contributed by atoms with Crippen molar-refractivity contribution in [3.8, 4) is 0 Å². The summed E-state index contributed by atoms with van der Waals surface area (Å²) in [6.45, 7) is 6.47. The Labute approximate surface area is 91.5 Å². The van der Waals surface area contributed by atoms with Crippen molar-refractivity contribution in [1.82, 2.24) is 10.2 Å². The second kappa shape index (κ2) is 4.79. The van der Waals surface area contributed by atoms with Gasteiger partial charge in [-0.1, -0.05) is 6.58 Å². The van der Waals surface area contributed by atoms with Crippen molar-refractivity contribution in [1.29, 1.82) is 0 Å². The van der Waals surface area contributed by atoms with E-state index in [9.17, 15) is 4.79 Å². The van der Waals surface area contributed by atoms with Gasteiger partial charge >= 0.3 is 0 Å². The van der Waals surface area contributed by atoms with Gasteiger partial charge < -0.3 is 10.2 Å². The monoisotopic (exact) mass is 208 g/mol. The molecule has 15 heavy (non-hydrogen) atoms. The summed E-state index contributed by atoms with van der Waals surface area (Å²) in [5.41, 5.74) is 0. The van der Waals surface area contributed by atoms with Crippen LogP contribution in [0.15, 0.2) is 12.7 Å². The van der Waals surface area contributed by atoms with Crippen LogP contribution in [0.4, 0.5) is 0 Å². The van der Waals surface area contributed by atoms with Crippen LogP contribution in [-0.4, -0.2) is 36.5 Å².